The second-order valence-corrected chi connectivity index (χ2v) is 5.71. The molecule has 7 nitrogen and oxygen atoms in total. The molecule has 0 aliphatic rings. The summed E-state index contributed by atoms with van der Waals surface area (Å²) in [5.41, 5.74) is 1.09. The maximum absolute atomic E-state index is 11.9. The maximum Gasteiger partial charge on any atom is 0.349 e. The highest BCUT2D eigenvalue weighted by molar-refractivity contribution is 6.30. The number of carbonyl (C=O) groups is 1. The molecule has 0 aliphatic carbocycles. The summed E-state index contributed by atoms with van der Waals surface area (Å²) in [6, 6.07) is 11.7. The lowest BCUT2D eigenvalue weighted by Crippen LogP contribution is -2.30. The van der Waals surface area contributed by atoms with Gasteiger partial charge in [-0.15, -0.1) is 0 Å². The number of aliphatic carboxylic acids is 1. The Balaban J connectivity index is 2.18. The third-order valence-electron chi connectivity index (χ3n) is 3.55. The van der Waals surface area contributed by atoms with Crippen LogP contribution in [-0.4, -0.2) is 25.8 Å². The number of hydrogen-bond acceptors (Lipinski definition) is 4. The van der Waals surface area contributed by atoms with Gasteiger partial charge in [0.2, 0.25) is 0 Å². The summed E-state index contributed by atoms with van der Waals surface area (Å²) in [7, 11) is 0. The van der Waals surface area contributed by atoms with Gasteiger partial charge in [-0.2, -0.15) is 9.78 Å². The van der Waals surface area contributed by atoms with Crippen LogP contribution in [-0.2, 0) is 11.2 Å². The van der Waals surface area contributed by atoms with Crippen molar-refractivity contribution in [3.63, 3.8) is 0 Å². The molecule has 3 aromatic rings. The van der Waals surface area contributed by atoms with E-state index in [1.807, 2.05) is 0 Å². The average molecular weight is 358 g/mol. The summed E-state index contributed by atoms with van der Waals surface area (Å²) >= 11 is 5.90. The molecule has 0 radical (unpaired) electrons. The standard InChI is InChI=1S/C17H12ClN3O4/c18-12-4-1-10(2-5-12)14-8-13(6-3-11(14)7-16(23)24)21-17(25)20-15(22)9-19-21/h1-6,8-9H,7H2,(H,23,24)(H,20,22,25). The lowest BCUT2D eigenvalue weighted by Gasteiger charge is -2.12. The molecule has 25 heavy (non-hydrogen) atoms. The molecule has 126 valence electrons. The van der Waals surface area contributed by atoms with Crippen LogP contribution in [0.25, 0.3) is 16.8 Å². The van der Waals surface area contributed by atoms with Crippen LogP contribution in [0.1, 0.15) is 5.56 Å². The number of H-pyrrole nitrogens is 1. The van der Waals surface area contributed by atoms with Crippen molar-refractivity contribution in [3.05, 3.63) is 80.1 Å². The van der Waals surface area contributed by atoms with E-state index in [2.05, 4.69) is 10.1 Å². The SMILES string of the molecule is O=C(O)Cc1ccc(-n2ncc(=O)[nH]c2=O)cc1-c1ccc(Cl)cc1. The quantitative estimate of drug-likeness (QED) is 0.741. The minimum absolute atomic E-state index is 0.174. The molecule has 0 spiro atoms. The van der Waals surface area contributed by atoms with E-state index in [9.17, 15) is 14.4 Å². The zero-order valence-electron chi connectivity index (χ0n) is 12.8. The Morgan fingerprint density at radius 2 is 1.88 bits per heavy atom. The number of aromatic nitrogens is 3. The van der Waals surface area contributed by atoms with Crippen LogP contribution < -0.4 is 11.2 Å². The summed E-state index contributed by atoms with van der Waals surface area (Å²) in [4.78, 5) is 36.3. The van der Waals surface area contributed by atoms with Gasteiger partial charge in [0.05, 0.1) is 12.1 Å². The molecular formula is C17H12ClN3O4. The van der Waals surface area contributed by atoms with Gasteiger partial charge in [0.1, 0.15) is 6.20 Å². The number of carboxylic acid groups (broad SMARTS) is 1. The molecular weight excluding hydrogens is 346 g/mol. The molecule has 8 heteroatoms. The van der Waals surface area contributed by atoms with Crippen LogP contribution in [0.3, 0.4) is 0 Å². The van der Waals surface area contributed by atoms with Crippen molar-refractivity contribution in [1.29, 1.82) is 0 Å². The Hall–Kier alpha value is -3.19. The molecule has 0 atom stereocenters. The van der Waals surface area contributed by atoms with Crippen LogP contribution >= 0.6 is 11.6 Å². The Bertz CT molecular complexity index is 1050. The molecule has 1 heterocycles. The van der Waals surface area contributed by atoms with Crippen LogP contribution in [0.4, 0.5) is 0 Å². The van der Waals surface area contributed by atoms with Crippen molar-refractivity contribution < 1.29 is 9.90 Å². The number of carboxylic acids is 1. The van der Waals surface area contributed by atoms with Gasteiger partial charge in [-0.25, -0.2) is 4.79 Å². The van der Waals surface area contributed by atoms with Gasteiger partial charge in [-0.05, 0) is 41.0 Å². The summed E-state index contributed by atoms with van der Waals surface area (Å²) in [6.45, 7) is 0. The molecule has 0 bridgehead atoms. The molecule has 1 aromatic heterocycles. The molecule has 0 unspecified atom stereocenters. The predicted molar refractivity (Wildman–Crippen MR) is 92.2 cm³/mol. The molecule has 0 fully saturated rings. The Kier molecular flexibility index (Phi) is 4.49. The third kappa shape index (κ3) is 3.67. The fourth-order valence-electron chi connectivity index (χ4n) is 2.45. The fraction of sp³-hybridized carbons (Fsp3) is 0.0588. The number of rotatable bonds is 4. The third-order valence-corrected chi connectivity index (χ3v) is 3.80. The molecule has 0 aliphatic heterocycles. The monoisotopic (exact) mass is 357 g/mol. The first kappa shape index (κ1) is 16.7. The Labute approximate surface area is 146 Å². The number of nitrogens with one attached hydrogen (secondary N) is 1. The van der Waals surface area contributed by atoms with Crippen LogP contribution in [0.2, 0.25) is 5.02 Å². The summed E-state index contributed by atoms with van der Waals surface area (Å²) in [5, 5.41) is 13.5. The minimum Gasteiger partial charge on any atom is -0.481 e. The zero-order valence-corrected chi connectivity index (χ0v) is 13.5. The van der Waals surface area contributed by atoms with Crippen molar-refractivity contribution in [2.75, 3.05) is 0 Å². The van der Waals surface area contributed by atoms with E-state index < -0.39 is 17.2 Å². The van der Waals surface area contributed by atoms with Gasteiger partial charge < -0.3 is 5.11 Å². The van der Waals surface area contributed by atoms with Crippen molar-refractivity contribution in [2.45, 2.75) is 6.42 Å². The number of benzene rings is 2. The smallest absolute Gasteiger partial charge is 0.349 e. The Morgan fingerprint density at radius 3 is 2.52 bits per heavy atom. The molecule has 0 saturated carbocycles. The number of hydrogen-bond donors (Lipinski definition) is 2. The molecule has 0 saturated heterocycles. The maximum atomic E-state index is 11.9. The zero-order chi connectivity index (χ0) is 18.0. The highest BCUT2D eigenvalue weighted by Gasteiger charge is 2.12. The fourth-order valence-corrected chi connectivity index (χ4v) is 2.57. The second-order valence-electron chi connectivity index (χ2n) is 5.27. The van der Waals surface area contributed by atoms with E-state index in [0.717, 1.165) is 16.4 Å². The first-order valence-electron chi connectivity index (χ1n) is 7.24. The average Bonchev–Trinajstić information content (AvgIpc) is 2.56. The second kappa shape index (κ2) is 6.74. The molecule has 3 rings (SSSR count). The first-order chi connectivity index (χ1) is 11.9. The van der Waals surface area contributed by atoms with Crippen molar-refractivity contribution in [2.24, 2.45) is 0 Å². The summed E-state index contributed by atoms with van der Waals surface area (Å²) < 4.78 is 1.03. The van der Waals surface area contributed by atoms with Gasteiger partial charge in [0, 0.05) is 5.02 Å². The van der Waals surface area contributed by atoms with Gasteiger partial charge in [-0.3, -0.25) is 14.6 Å². The van der Waals surface area contributed by atoms with Crippen LogP contribution in [0.5, 0.6) is 0 Å². The van der Waals surface area contributed by atoms with Crippen molar-refractivity contribution in [3.8, 4) is 16.8 Å². The van der Waals surface area contributed by atoms with Crippen LogP contribution in [0, 0.1) is 0 Å². The lowest BCUT2D eigenvalue weighted by molar-refractivity contribution is -0.136. The van der Waals surface area contributed by atoms with E-state index in [1.54, 1.807) is 42.5 Å². The normalized spacial score (nSPS) is 10.6. The van der Waals surface area contributed by atoms with E-state index in [1.165, 1.54) is 0 Å². The number of nitrogens with zero attached hydrogens (tertiary/aromatic N) is 2. The van der Waals surface area contributed by atoms with Gasteiger partial charge >= 0.3 is 11.7 Å². The minimum atomic E-state index is -0.970. The molecule has 2 aromatic carbocycles. The van der Waals surface area contributed by atoms with Crippen molar-refractivity contribution in [1.82, 2.24) is 14.8 Å². The molecule has 2 N–H and O–H groups in total. The van der Waals surface area contributed by atoms with Gasteiger partial charge in [0.15, 0.2) is 0 Å². The highest BCUT2D eigenvalue weighted by Crippen LogP contribution is 2.27. The number of halogens is 1. The van der Waals surface area contributed by atoms with Crippen LogP contribution in [0.15, 0.2) is 58.3 Å². The largest absolute Gasteiger partial charge is 0.481 e. The topological polar surface area (TPSA) is 105 Å². The summed E-state index contributed by atoms with van der Waals surface area (Å²) in [5.74, 6) is -0.970. The molecule has 0 amide bonds. The predicted octanol–water partition coefficient (Wildman–Crippen LogP) is 1.87. The number of aromatic amines is 1. The highest BCUT2D eigenvalue weighted by atomic mass is 35.5. The first-order valence-corrected chi connectivity index (χ1v) is 7.61. The van der Waals surface area contributed by atoms with E-state index in [4.69, 9.17) is 16.7 Å². The summed E-state index contributed by atoms with van der Waals surface area (Å²) in [6.07, 6.45) is 0.820. The van der Waals surface area contributed by atoms with Gasteiger partial charge in [0.25, 0.3) is 5.56 Å². The lowest BCUT2D eigenvalue weighted by atomic mass is 9.97. The van der Waals surface area contributed by atoms with E-state index >= 15 is 0 Å². The van der Waals surface area contributed by atoms with Gasteiger partial charge in [-0.1, -0.05) is 29.8 Å². The van der Waals surface area contributed by atoms with E-state index in [0.29, 0.717) is 21.8 Å². The van der Waals surface area contributed by atoms with Crippen molar-refractivity contribution >= 4 is 17.6 Å². The van der Waals surface area contributed by atoms with E-state index in [-0.39, 0.29) is 6.42 Å². The Morgan fingerprint density at radius 1 is 1.16 bits per heavy atom.